The van der Waals surface area contributed by atoms with E-state index in [1.165, 1.54) is 64.6 Å². The summed E-state index contributed by atoms with van der Waals surface area (Å²) < 4.78 is 10.9. The van der Waals surface area contributed by atoms with E-state index in [9.17, 15) is 0 Å². The highest BCUT2D eigenvalue weighted by atomic mass is 16.5. The van der Waals surface area contributed by atoms with E-state index in [1.54, 1.807) is 7.11 Å². The van der Waals surface area contributed by atoms with E-state index in [0.29, 0.717) is 0 Å². The molecular weight excluding hydrogens is 274 g/mol. The maximum absolute atomic E-state index is 5.74. The molecular formula is C19H31NO2. The van der Waals surface area contributed by atoms with Gasteiger partial charge in [0.05, 0.1) is 13.7 Å². The molecule has 124 valence electrons. The number of hydrogen-bond acceptors (Lipinski definition) is 3. The molecule has 0 radical (unpaired) electrons. The van der Waals surface area contributed by atoms with Crippen LogP contribution in [0.1, 0.15) is 51.4 Å². The molecule has 1 fully saturated rings. The third kappa shape index (κ3) is 6.69. The van der Waals surface area contributed by atoms with E-state index in [4.69, 9.17) is 9.47 Å². The number of piperidine rings is 1. The first kappa shape index (κ1) is 17.1. The van der Waals surface area contributed by atoms with Crippen molar-refractivity contribution in [3.05, 3.63) is 24.3 Å². The summed E-state index contributed by atoms with van der Waals surface area (Å²) in [7, 11) is 1.68. The minimum absolute atomic E-state index is 0.818. The number of benzene rings is 1. The van der Waals surface area contributed by atoms with Crippen LogP contribution in [0.4, 0.5) is 0 Å². The number of rotatable bonds is 10. The van der Waals surface area contributed by atoms with Crippen molar-refractivity contribution in [3.8, 4) is 11.5 Å². The average molecular weight is 305 g/mol. The van der Waals surface area contributed by atoms with Gasteiger partial charge in [-0.1, -0.05) is 25.7 Å². The van der Waals surface area contributed by atoms with Crippen LogP contribution in [0.15, 0.2) is 24.3 Å². The average Bonchev–Trinajstić information content (AvgIpc) is 2.59. The molecule has 0 spiro atoms. The first-order valence-corrected chi connectivity index (χ1v) is 8.88. The number of nitrogens with zero attached hydrogens (tertiary/aromatic N) is 1. The Balaban J connectivity index is 1.42. The zero-order chi connectivity index (χ0) is 15.5. The highest BCUT2D eigenvalue weighted by molar-refractivity contribution is 5.31. The number of methoxy groups -OCH3 is 1. The predicted molar refractivity (Wildman–Crippen MR) is 91.9 cm³/mol. The van der Waals surface area contributed by atoms with Gasteiger partial charge in [0.1, 0.15) is 11.5 Å². The molecule has 1 aromatic carbocycles. The molecule has 1 aliphatic rings. The van der Waals surface area contributed by atoms with Gasteiger partial charge in [-0.2, -0.15) is 0 Å². The molecule has 0 bridgehead atoms. The van der Waals surface area contributed by atoms with Crippen molar-refractivity contribution in [2.75, 3.05) is 33.4 Å². The summed E-state index contributed by atoms with van der Waals surface area (Å²) in [6, 6.07) is 7.82. The van der Waals surface area contributed by atoms with Crippen LogP contribution in [0.3, 0.4) is 0 Å². The quantitative estimate of drug-likeness (QED) is 0.594. The first-order chi connectivity index (χ1) is 10.9. The van der Waals surface area contributed by atoms with Crippen LogP contribution in [0.25, 0.3) is 0 Å². The van der Waals surface area contributed by atoms with Gasteiger partial charge in [0.15, 0.2) is 0 Å². The molecule has 1 aromatic rings. The topological polar surface area (TPSA) is 21.7 Å². The summed E-state index contributed by atoms with van der Waals surface area (Å²) in [4.78, 5) is 2.64. The van der Waals surface area contributed by atoms with Crippen molar-refractivity contribution in [1.82, 2.24) is 4.90 Å². The Hall–Kier alpha value is -1.22. The Morgan fingerprint density at radius 3 is 2.18 bits per heavy atom. The summed E-state index contributed by atoms with van der Waals surface area (Å²) in [6.45, 7) is 4.78. The minimum atomic E-state index is 0.818. The SMILES string of the molecule is COc1ccc(OCCCCCCCN2CCCCC2)cc1. The molecule has 0 atom stereocenters. The fourth-order valence-corrected chi connectivity index (χ4v) is 3.01. The smallest absolute Gasteiger partial charge is 0.119 e. The van der Waals surface area contributed by atoms with Crippen LogP contribution in [0, 0.1) is 0 Å². The van der Waals surface area contributed by atoms with Crippen molar-refractivity contribution in [2.24, 2.45) is 0 Å². The molecule has 1 saturated heterocycles. The van der Waals surface area contributed by atoms with Gasteiger partial charge in [0.25, 0.3) is 0 Å². The Bertz CT molecular complexity index is 385. The maximum atomic E-state index is 5.74. The monoisotopic (exact) mass is 305 g/mol. The van der Waals surface area contributed by atoms with Gasteiger partial charge in [0, 0.05) is 0 Å². The zero-order valence-corrected chi connectivity index (χ0v) is 14.1. The van der Waals surface area contributed by atoms with Crippen LogP contribution >= 0.6 is 0 Å². The van der Waals surface area contributed by atoms with Crippen molar-refractivity contribution < 1.29 is 9.47 Å². The van der Waals surface area contributed by atoms with E-state index in [2.05, 4.69) is 4.90 Å². The fourth-order valence-electron chi connectivity index (χ4n) is 3.01. The summed E-state index contributed by atoms with van der Waals surface area (Å²) in [5.74, 6) is 1.81. The van der Waals surface area contributed by atoms with Gasteiger partial charge in [-0.05, 0) is 69.6 Å². The van der Waals surface area contributed by atoms with E-state index in [-0.39, 0.29) is 0 Å². The third-order valence-electron chi connectivity index (χ3n) is 4.40. The lowest BCUT2D eigenvalue weighted by molar-refractivity contribution is 0.223. The Morgan fingerprint density at radius 1 is 0.818 bits per heavy atom. The van der Waals surface area contributed by atoms with Crippen LogP contribution in [0.5, 0.6) is 11.5 Å². The number of unbranched alkanes of at least 4 members (excludes halogenated alkanes) is 4. The van der Waals surface area contributed by atoms with E-state index in [1.807, 2.05) is 24.3 Å². The van der Waals surface area contributed by atoms with Crippen LogP contribution in [-0.2, 0) is 0 Å². The molecule has 2 rings (SSSR count). The Kier molecular flexibility index (Phi) is 8.18. The molecule has 0 N–H and O–H groups in total. The predicted octanol–water partition coefficient (Wildman–Crippen LogP) is 4.51. The summed E-state index contributed by atoms with van der Waals surface area (Å²) >= 11 is 0. The van der Waals surface area contributed by atoms with Crippen LogP contribution < -0.4 is 9.47 Å². The van der Waals surface area contributed by atoms with Gasteiger partial charge in [-0.25, -0.2) is 0 Å². The maximum Gasteiger partial charge on any atom is 0.119 e. The van der Waals surface area contributed by atoms with Gasteiger partial charge < -0.3 is 14.4 Å². The largest absolute Gasteiger partial charge is 0.497 e. The molecule has 3 heteroatoms. The second kappa shape index (κ2) is 10.5. The van der Waals surface area contributed by atoms with Gasteiger partial charge in [-0.15, -0.1) is 0 Å². The van der Waals surface area contributed by atoms with Crippen LogP contribution in [0.2, 0.25) is 0 Å². The van der Waals surface area contributed by atoms with Crippen molar-refractivity contribution in [2.45, 2.75) is 51.4 Å². The lowest BCUT2D eigenvalue weighted by atomic mass is 10.1. The molecule has 0 aromatic heterocycles. The molecule has 0 unspecified atom stereocenters. The number of hydrogen-bond donors (Lipinski definition) is 0. The van der Waals surface area contributed by atoms with Gasteiger partial charge in [-0.3, -0.25) is 0 Å². The second-order valence-corrected chi connectivity index (χ2v) is 6.19. The number of likely N-dealkylation sites (tertiary alicyclic amines) is 1. The standard InChI is InChI=1S/C19H31NO2/c1-21-18-10-12-19(13-11-18)22-17-9-4-2-3-6-14-20-15-7-5-8-16-20/h10-13H,2-9,14-17H2,1H3. The highest BCUT2D eigenvalue weighted by Crippen LogP contribution is 2.17. The van der Waals surface area contributed by atoms with Crippen molar-refractivity contribution in [3.63, 3.8) is 0 Å². The van der Waals surface area contributed by atoms with E-state index >= 15 is 0 Å². The summed E-state index contributed by atoms with van der Waals surface area (Å²) in [5.41, 5.74) is 0. The fraction of sp³-hybridized carbons (Fsp3) is 0.684. The van der Waals surface area contributed by atoms with Gasteiger partial charge >= 0.3 is 0 Å². The second-order valence-electron chi connectivity index (χ2n) is 6.19. The number of ether oxygens (including phenoxy) is 2. The van der Waals surface area contributed by atoms with E-state index in [0.717, 1.165) is 24.5 Å². The highest BCUT2D eigenvalue weighted by Gasteiger charge is 2.08. The van der Waals surface area contributed by atoms with Crippen molar-refractivity contribution >= 4 is 0 Å². The first-order valence-electron chi connectivity index (χ1n) is 8.88. The minimum Gasteiger partial charge on any atom is -0.497 e. The molecule has 1 aliphatic heterocycles. The summed E-state index contributed by atoms with van der Waals surface area (Å²) in [5, 5.41) is 0. The van der Waals surface area contributed by atoms with E-state index < -0.39 is 0 Å². The molecule has 0 amide bonds. The molecule has 3 nitrogen and oxygen atoms in total. The summed E-state index contributed by atoms with van der Waals surface area (Å²) in [6.07, 6.45) is 10.7. The van der Waals surface area contributed by atoms with Crippen LogP contribution in [-0.4, -0.2) is 38.3 Å². The van der Waals surface area contributed by atoms with Crippen molar-refractivity contribution in [1.29, 1.82) is 0 Å². The lowest BCUT2D eigenvalue weighted by Crippen LogP contribution is -2.30. The zero-order valence-electron chi connectivity index (χ0n) is 14.1. The molecule has 22 heavy (non-hydrogen) atoms. The Labute approximate surface area is 135 Å². The molecule has 1 heterocycles. The Morgan fingerprint density at radius 2 is 1.45 bits per heavy atom. The molecule has 0 saturated carbocycles. The lowest BCUT2D eigenvalue weighted by Gasteiger charge is -2.26. The third-order valence-corrected chi connectivity index (χ3v) is 4.40. The normalized spacial score (nSPS) is 15.7. The molecule has 0 aliphatic carbocycles. The van der Waals surface area contributed by atoms with Gasteiger partial charge in [0.2, 0.25) is 0 Å².